The molecule has 104 valence electrons. The molecule has 0 amide bonds. The molecule has 5 heteroatoms. The van der Waals surface area contributed by atoms with E-state index < -0.39 is 0 Å². The van der Waals surface area contributed by atoms with E-state index in [1.54, 1.807) is 12.0 Å². The van der Waals surface area contributed by atoms with Crippen LogP contribution in [0.25, 0.3) is 0 Å². The maximum atomic E-state index is 11.4. The molecule has 5 nitrogen and oxygen atoms in total. The Morgan fingerprint density at radius 1 is 1.37 bits per heavy atom. The highest BCUT2D eigenvalue weighted by Gasteiger charge is 2.18. The van der Waals surface area contributed by atoms with Gasteiger partial charge in [-0.15, -0.1) is 5.06 Å². The average molecular weight is 265 g/mol. The molecule has 0 saturated heterocycles. The van der Waals surface area contributed by atoms with Crippen LogP contribution in [0.5, 0.6) is 11.5 Å². The van der Waals surface area contributed by atoms with Gasteiger partial charge >= 0.3 is 5.97 Å². The molecule has 1 heterocycles. The molecule has 1 aliphatic heterocycles. The molecule has 19 heavy (non-hydrogen) atoms. The SMILES string of the molecule is CCC(=O)ON(Cc1ccc2c(c1)OCO2)C(C)C. The molecular formula is C14H19NO4. The molecule has 0 bridgehead atoms. The Bertz CT molecular complexity index is 459. The molecule has 1 aromatic rings. The molecular weight excluding hydrogens is 246 g/mol. The summed E-state index contributed by atoms with van der Waals surface area (Å²) in [4.78, 5) is 16.7. The van der Waals surface area contributed by atoms with Gasteiger partial charge in [-0.25, -0.2) is 0 Å². The lowest BCUT2D eigenvalue weighted by Crippen LogP contribution is -2.32. The summed E-state index contributed by atoms with van der Waals surface area (Å²) >= 11 is 0. The van der Waals surface area contributed by atoms with Crippen LogP contribution in [0.1, 0.15) is 32.8 Å². The lowest BCUT2D eigenvalue weighted by molar-refractivity contribution is -0.202. The normalized spacial score (nSPS) is 13.1. The highest BCUT2D eigenvalue weighted by atomic mass is 16.7. The number of rotatable bonds is 5. The van der Waals surface area contributed by atoms with Crippen LogP contribution in [0, 0.1) is 0 Å². The van der Waals surface area contributed by atoms with Crippen molar-refractivity contribution in [2.75, 3.05) is 6.79 Å². The van der Waals surface area contributed by atoms with Gasteiger partial charge in [-0.2, -0.15) is 0 Å². The Morgan fingerprint density at radius 3 is 2.79 bits per heavy atom. The Labute approximate surface area is 113 Å². The van der Waals surface area contributed by atoms with Gasteiger partial charge in [0, 0.05) is 12.5 Å². The monoisotopic (exact) mass is 265 g/mol. The minimum absolute atomic E-state index is 0.112. The zero-order valence-corrected chi connectivity index (χ0v) is 11.5. The van der Waals surface area contributed by atoms with Gasteiger partial charge in [0.2, 0.25) is 6.79 Å². The predicted molar refractivity (Wildman–Crippen MR) is 69.6 cm³/mol. The van der Waals surface area contributed by atoms with Crippen LogP contribution < -0.4 is 9.47 Å². The standard InChI is InChI=1S/C14H19NO4/c1-4-14(16)19-15(10(2)3)8-11-5-6-12-13(7-11)18-9-17-12/h5-7,10H,4,8-9H2,1-3H3. The van der Waals surface area contributed by atoms with Crippen LogP contribution >= 0.6 is 0 Å². The van der Waals surface area contributed by atoms with Crippen molar-refractivity contribution in [2.45, 2.75) is 39.8 Å². The van der Waals surface area contributed by atoms with Crippen LogP contribution in [-0.4, -0.2) is 23.9 Å². The molecule has 0 unspecified atom stereocenters. The lowest BCUT2D eigenvalue weighted by atomic mass is 10.2. The third-order valence-electron chi connectivity index (χ3n) is 2.86. The first kappa shape index (κ1) is 13.7. The van der Waals surface area contributed by atoms with E-state index in [0.29, 0.717) is 13.0 Å². The predicted octanol–water partition coefficient (Wildman–Crippen LogP) is 2.49. The second-order valence-electron chi connectivity index (χ2n) is 4.67. The zero-order valence-electron chi connectivity index (χ0n) is 11.5. The summed E-state index contributed by atoms with van der Waals surface area (Å²) in [6, 6.07) is 5.85. The minimum atomic E-state index is -0.227. The van der Waals surface area contributed by atoms with Gasteiger partial charge in [-0.05, 0) is 31.5 Å². The Balaban J connectivity index is 2.06. The van der Waals surface area contributed by atoms with Gasteiger partial charge in [-0.1, -0.05) is 13.0 Å². The number of carbonyl (C=O) groups is 1. The van der Waals surface area contributed by atoms with Crippen LogP contribution in [-0.2, 0) is 16.2 Å². The average Bonchev–Trinajstić information content (AvgIpc) is 2.85. The maximum absolute atomic E-state index is 11.4. The highest BCUT2D eigenvalue weighted by Crippen LogP contribution is 2.32. The number of hydrogen-bond acceptors (Lipinski definition) is 5. The number of benzene rings is 1. The summed E-state index contributed by atoms with van der Waals surface area (Å²) in [5.74, 6) is 1.27. The van der Waals surface area contributed by atoms with E-state index in [1.807, 2.05) is 32.0 Å². The van der Waals surface area contributed by atoms with Crippen molar-refractivity contribution in [2.24, 2.45) is 0 Å². The second kappa shape index (κ2) is 5.93. The third kappa shape index (κ3) is 3.38. The summed E-state index contributed by atoms with van der Waals surface area (Å²) in [5, 5.41) is 1.67. The van der Waals surface area contributed by atoms with Gasteiger partial charge < -0.3 is 14.3 Å². The molecule has 0 saturated carbocycles. The smallest absolute Gasteiger partial charge is 0.324 e. The van der Waals surface area contributed by atoms with E-state index in [9.17, 15) is 4.79 Å². The van der Waals surface area contributed by atoms with Crippen LogP contribution in [0.4, 0.5) is 0 Å². The van der Waals surface area contributed by atoms with Crippen LogP contribution in [0.15, 0.2) is 18.2 Å². The van der Waals surface area contributed by atoms with E-state index >= 15 is 0 Å². The summed E-state index contributed by atoms with van der Waals surface area (Å²) in [7, 11) is 0. The highest BCUT2D eigenvalue weighted by molar-refractivity contribution is 5.68. The van der Waals surface area contributed by atoms with Gasteiger partial charge in [-0.3, -0.25) is 4.79 Å². The molecule has 0 N–H and O–H groups in total. The number of hydrogen-bond donors (Lipinski definition) is 0. The first-order valence-corrected chi connectivity index (χ1v) is 6.46. The summed E-state index contributed by atoms with van der Waals surface area (Å²) in [5.41, 5.74) is 1.02. The van der Waals surface area contributed by atoms with Crippen molar-refractivity contribution in [1.82, 2.24) is 5.06 Å². The van der Waals surface area contributed by atoms with Gasteiger partial charge in [0.1, 0.15) is 0 Å². The van der Waals surface area contributed by atoms with E-state index in [4.69, 9.17) is 14.3 Å². The minimum Gasteiger partial charge on any atom is -0.454 e. The number of fused-ring (bicyclic) bond motifs is 1. The van der Waals surface area contributed by atoms with Crippen molar-refractivity contribution in [3.8, 4) is 11.5 Å². The van der Waals surface area contributed by atoms with E-state index in [1.165, 1.54) is 0 Å². The molecule has 0 radical (unpaired) electrons. The van der Waals surface area contributed by atoms with Crippen molar-refractivity contribution >= 4 is 5.97 Å². The zero-order chi connectivity index (χ0) is 13.8. The van der Waals surface area contributed by atoms with Gasteiger partial charge in [0.25, 0.3) is 0 Å². The molecule has 0 fully saturated rings. The van der Waals surface area contributed by atoms with Crippen molar-refractivity contribution < 1.29 is 19.1 Å². The number of carbonyl (C=O) groups excluding carboxylic acids is 1. The molecule has 0 spiro atoms. The third-order valence-corrected chi connectivity index (χ3v) is 2.86. The number of hydroxylamine groups is 2. The molecule has 1 aliphatic rings. The molecule has 0 aliphatic carbocycles. The first-order chi connectivity index (χ1) is 9.10. The van der Waals surface area contributed by atoms with Crippen LogP contribution in [0.3, 0.4) is 0 Å². The quantitative estimate of drug-likeness (QED) is 0.765. The fourth-order valence-corrected chi connectivity index (χ4v) is 1.73. The Hall–Kier alpha value is -1.75. The summed E-state index contributed by atoms with van der Waals surface area (Å²) in [6.45, 7) is 6.53. The van der Waals surface area contributed by atoms with E-state index in [-0.39, 0.29) is 18.8 Å². The van der Waals surface area contributed by atoms with Crippen molar-refractivity contribution in [3.05, 3.63) is 23.8 Å². The Morgan fingerprint density at radius 2 is 2.11 bits per heavy atom. The van der Waals surface area contributed by atoms with Gasteiger partial charge in [0.05, 0.1) is 6.54 Å². The number of ether oxygens (including phenoxy) is 2. The first-order valence-electron chi connectivity index (χ1n) is 6.46. The lowest BCUT2D eigenvalue weighted by Gasteiger charge is -2.24. The summed E-state index contributed by atoms with van der Waals surface area (Å²) < 4.78 is 10.6. The van der Waals surface area contributed by atoms with Crippen LogP contribution in [0.2, 0.25) is 0 Å². The second-order valence-corrected chi connectivity index (χ2v) is 4.67. The largest absolute Gasteiger partial charge is 0.454 e. The fourth-order valence-electron chi connectivity index (χ4n) is 1.73. The van der Waals surface area contributed by atoms with E-state index in [0.717, 1.165) is 17.1 Å². The van der Waals surface area contributed by atoms with E-state index in [2.05, 4.69) is 0 Å². The Kier molecular flexibility index (Phi) is 4.27. The maximum Gasteiger partial charge on any atom is 0.324 e. The van der Waals surface area contributed by atoms with Gasteiger partial charge in [0.15, 0.2) is 11.5 Å². The molecule has 0 aromatic heterocycles. The molecule has 2 rings (SSSR count). The van der Waals surface area contributed by atoms with Crippen molar-refractivity contribution in [3.63, 3.8) is 0 Å². The molecule has 0 atom stereocenters. The number of nitrogens with zero attached hydrogens (tertiary/aromatic N) is 1. The summed E-state index contributed by atoms with van der Waals surface area (Å²) in [6.07, 6.45) is 0.365. The molecule has 1 aromatic carbocycles. The topological polar surface area (TPSA) is 48.0 Å². The fraction of sp³-hybridized carbons (Fsp3) is 0.500. The van der Waals surface area contributed by atoms with Crippen molar-refractivity contribution in [1.29, 1.82) is 0 Å².